The zero-order valence-electron chi connectivity index (χ0n) is 9.48. The Labute approximate surface area is 93.8 Å². The number of ether oxygens (including phenoxy) is 1. The van der Waals surface area contributed by atoms with Gasteiger partial charge in [0, 0.05) is 19.7 Å². The quantitative estimate of drug-likeness (QED) is 0.533. The number of benzene rings is 1. The lowest BCUT2D eigenvalue weighted by Crippen LogP contribution is -2.22. The van der Waals surface area contributed by atoms with Crippen LogP contribution in [0.15, 0.2) is 18.2 Å². The average molecular weight is 219 g/mol. The summed E-state index contributed by atoms with van der Waals surface area (Å²) >= 11 is 0. The van der Waals surface area contributed by atoms with Crippen LogP contribution < -0.4 is 9.64 Å². The Morgan fingerprint density at radius 3 is 2.75 bits per heavy atom. The molecule has 1 aliphatic heterocycles. The molecule has 4 heteroatoms. The Hall–Kier alpha value is -1.84. The van der Waals surface area contributed by atoms with E-state index in [0.29, 0.717) is 5.75 Å². The average Bonchev–Trinajstić information content (AvgIpc) is 2.43. The molecule has 0 fully saturated rings. The van der Waals surface area contributed by atoms with E-state index in [1.807, 2.05) is 6.92 Å². The fraction of sp³-hybridized carbons (Fsp3) is 0.333. The van der Waals surface area contributed by atoms with Crippen molar-refractivity contribution in [2.45, 2.75) is 19.8 Å². The highest BCUT2D eigenvalue weighted by Crippen LogP contribution is 2.38. The lowest BCUT2D eigenvalue weighted by molar-refractivity contribution is -0.131. The molecule has 1 amide bonds. The third kappa shape index (κ3) is 1.56. The number of likely N-dealkylation sites (N-methyl/N-ethyl adjacent to an activating group) is 1. The molecule has 0 radical (unpaired) electrons. The first-order valence-electron chi connectivity index (χ1n) is 5.10. The number of anilines is 1. The third-order valence-corrected chi connectivity index (χ3v) is 2.79. The standard InChI is InChI=1S/C12H13NO3/c1-7-10-6-9(16-8(2)14)4-5-11(10)13(3)12(7)15/h4-7H,1-3H3. The van der Waals surface area contributed by atoms with Crippen molar-refractivity contribution in [2.24, 2.45) is 0 Å². The molecule has 0 saturated carbocycles. The molecule has 1 aromatic rings. The van der Waals surface area contributed by atoms with Crippen molar-refractivity contribution in [1.29, 1.82) is 0 Å². The number of fused-ring (bicyclic) bond motifs is 1. The van der Waals surface area contributed by atoms with Crippen LogP contribution in [0.25, 0.3) is 0 Å². The van der Waals surface area contributed by atoms with Crippen LogP contribution in [-0.2, 0) is 9.59 Å². The SMILES string of the molecule is CC(=O)Oc1ccc2c(c1)C(C)C(=O)N2C. The molecule has 1 atom stereocenters. The number of hydrogen-bond acceptors (Lipinski definition) is 3. The lowest BCUT2D eigenvalue weighted by Gasteiger charge is -2.10. The first-order valence-corrected chi connectivity index (χ1v) is 5.10. The van der Waals surface area contributed by atoms with Gasteiger partial charge in [0.2, 0.25) is 5.91 Å². The maximum absolute atomic E-state index is 11.7. The number of carbonyl (C=O) groups is 2. The van der Waals surface area contributed by atoms with Crippen molar-refractivity contribution < 1.29 is 14.3 Å². The maximum atomic E-state index is 11.7. The van der Waals surface area contributed by atoms with Crippen LogP contribution in [0.2, 0.25) is 0 Å². The maximum Gasteiger partial charge on any atom is 0.308 e. The van der Waals surface area contributed by atoms with Gasteiger partial charge in [-0.15, -0.1) is 0 Å². The Bertz CT molecular complexity index is 467. The predicted octanol–water partition coefficient (Wildman–Crippen LogP) is 1.69. The fourth-order valence-corrected chi connectivity index (χ4v) is 1.96. The van der Waals surface area contributed by atoms with Crippen LogP contribution in [-0.4, -0.2) is 18.9 Å². The minimum absolute atomic E-state index is 0.0648. The molecule has 0 spiro atoms. The molecular formula is C12H13NO3. The summed E-state index contributed by atoms with van der Waals surface area (Å²) in [7, 11) is 1.75. The fourth-order valence-electron chi connectivity index (χ4n) is 1.96. The molecule has 0 saturated heterocycles. The van der Waals surface area contributed by atoms with Crippen LogP contribution in [0.4, 0.5) is 5.69 Å². The number of rotatable bonds is 1. The highest BCUT2D eigenvalue weighted by Gasteiger charge is 2.31. The van der Waals surface area contributed by atoms with Gasteiger partial charge in [-0.3, -0.25) is 9.59 Å². The Morgan fingerprint density at radius 2 is 2.12 bits per heavy atom. The van der Waals surface area contributed by atoms with E-state index in [1.165, 1.54) is 6.92 Å². The zero-order chi connectivity index (χ0) is 11.9. The van der Waals surface area contributed by atoms with Crippen molar-refractivity contribution in [2.75, 3.05) is 11.9 Å². The van der Waals surface area contributed by atoms with E-state index in [4.69, 9.17) is 4.74 Å². The zero-order valence-corrected chi connectivity index (χ0v) is 9.48. The van der Waals surface area contributed by atoms with Gasteiger partial charge in [0.1, 0.15) is 5.75 Å². The monoisotopic (exact) mass is 219 g/mol. The van der Waals surface area contributed by atoms with Gasteiger partial charge in [0.25, 0.3) is 0 Å². The minimum atomic E-state index is -0.356. The number of carbonyl (C=O) groups excluding carboxylic acids is 2. The van der Waals surface area contributed by atoms with Gasteiger partial charge in [-0.25, -0.2) is 0 Å². The second-order valence-corrected chi connectivity index (χ2v) is 3.93. The van der Waals surface area contributed by atoms with Crippen molar-refractivity contribution in [1.82, 2.24) is 0 Å². The smallest absolute Gasteiger partial charge is 0.308 e. The highest BCUT2D eigenvalue weighted by molar-refractivity contribution is 6.04. The van der Waals surface area contributed by atoms with Gasteiger partial charge in [-0.05, 0) is 30.7 Å². The molecule has 4 nitrogen and oxygen atoms in total. The summed E-state index contributed by atoms with van der Waals surface area (Å²) in [6.07, 6.45) is 0. The summed E-state index contributed by atoms with van der Waals surface area (Å²) in [6.45, 7) is 3.20. The van der Waals surface area contributed by atoms with Crippen molar-refractivity contribution in [3.05, 3.63) is 23.8 Å². The first-order chi connectivity index (χ1) is 7.50. The van der Waals surface area contributed by atoms with Gasteiger partial charge < -0.3 is 9.64 Å². The topological polar surface area (TPSA) is 46.6 Å². The van der Waals surface area contributed by atoms with Crippen LogP contribution in [0.1, 0.15) is 25.3 Å². The number of hydrogen-bond donors (Lipinski definition) is 0. The van der Waals surface area contributed by atoms with E-state index < -0.39 is 0 Å². The van der Waals surface area contributed by atoms with E-state index in [2.05, 4.69) is 0 Å². The van der Waals surface area contributed by atoms with Crippen molar-refractivity contribution in [3.8, 4) is 5.75 Å². The molecule has 0 aliphatic carbocycles. The molecule has 16 heavy (non-hydrogen) atoms. The highest BCUT2D eigenvalue weighted by atomic mass is 16.5. The number of amides is 1. The van der Waals surface area contributed by atoms with Gasteiger partial charge in [-0.2, -0.15) is 0 Å². The summed E-state index contributed by atoms with van der Waals surface area (Å²) in [5.41, 5.74) is 1.79. The molecule has 84 valence electrons. The van der Waals surface area contributed by atoms with Crippen LogP contribution in [0.5, 0.6) is 5.75 Å². The number of nitrogens with zero attached hydrogens (tertiary/aromatic N) is 1. The molecule has 1 unspecified atom stereocenters. The Kier molecular flexibility index (Phi) is 2.42. The molecule has 0 aromatic heterocycles. The molecule has 1 heterocycles. The Morgan fingerprint density at radius 1 is 1.44 bits per heavy atom. The lowest BCUT2D eigenvalue weighted by atomic mass is 10.0. The summed E-state index contributed by atoms with van der Waals surface area (Å²) in [4.78, 5) is 24.2. The molecule has 1 aliphatic rings. The van der Waals surface area contributed by atoms with E-state index in [-0.39, 0.29) is 17.8 Å². The van der Waals surface area contributed by atoms with Gasteiger partial charge in [0.15, 0.2) is 0 Å². The van der Waals surface area contributed by atoms with Gasteiger partial charge in [0.05, 0.1) is 5.92 Å². The molecule has 2 rings (SSSR count). The normalized spacial score (nSPS) is 18.6. The van der Waals surface area contributed by atoms with Gasteiger partial charge >= 0.3 is 5.97 Å². The summed E-state index contributed by atoms with van der Waals surface area (Å²) in [5.74, 6) is 0.0250. The van der Waals surface area contributed by atoms with E-state index in [0.717, 1.165) is 11.3 Å². The Balaban J connectivity index is 2.41. The molecular weight excluding hydrogens is 206 g/mol. The number of esters is 1. The third-order valence-electron chi connectivity index (χ3n) is 2.79. The summed E-state index contributed by atoms with van der Waals surface area (Å²) in [6, 6.07) is 5.25. The summed E-state index contributed by atoms with van der Waals surface area (Å²) < 4.78 is 4.99. The van der Waals surface area contributed by atoms with Crippen LogP contribution in [0.3, 0.4) is 0 Å². The van der Waals surface area contributed by atoms with Crippen LogP contribution in [0, 0.1) is 0 Å². The van der Waals surface area contributed by atoms with E-state index in [1.54, 1.807) is 30.1 Å². The van der Waals surface area contributed by atoms with E-state index >= 15 is 0 Å². The first kappa shape index (κ1) is 10.7. The predicted molar refractivity (Wildman–Crippen MR) is 59.6 cm³/mol. The summed E-state index contributed by atoms with van der Waals surface area (Å²) in [5, 5.41) is 0. The largest absolute Gasteiger partial charge is 0.427 e. The van der Waals surface area contributed by atoms with Crippen molar-refractivity contribution in [3.63, 3.8) is 0 Å². The molecule has 1 aromatic carbocycles. The van der Waals surface area contributed by atoms with Crippen molar-refractivity contribution >= 4 is 17.6 Å². The van der Waals surface area contributed by atoms with Crippen LogP contribution >= 0.6 is 0 Å². The minimum Gasteiger partial charge on any atom is -0.427 e. The van der Waals surface area contributed by atoms with E-state index in [9.17, 15) is 9.59 Å². The molecule has 0 bridgehead atoms. The second kappa shape index (κ2) is 3.63. The molecule has 0 N–H and O–H groups in total. The second-order valence-electron chi connectivity index (χ2n) is 3.93. The van der Waals surface area contributed by atoms with Gasteiger partial charge in [-0.1, -0.05) is 0 Å².